The summed E-state index contributed by atoms with van der Waals surface area (Å²) in [5.41, 5.74) is 6.57. The molecule has 0 N–H and O–H groups in total. The third-order valence-corrected chi connectivity index (χ3v) is 4.55. The molecule has 0 spiro atoms. The van der Waals surface area contributed by atoms with Crippen LogP contribution in [0.2, 0.25) is 0 Å². The van der Waals surface area contributed by atoms with Crippen LogP contribution >= 0.6 is 0 Å². The molecule has 5 rings (SSSR count). The van der Waals surface area contributed by atoms with E-state index in [4.69, 9.17) is 9.40 Å². The van der Waals surface area contributed by atoms with E-state index in [0.717, 1.165) is 40.0 Å². The molecule has 6 nitrogen and oxygen atoms in total. The topological polar surface area (TPSA) is 61.7 Å². The van der Waals surface area contributed by atoms with Crippen LogP contribution in [0.5, 0.6) is 0 Å². The Morgan fingerprint density at radius 2 is 1.78 bits per heavy atom. The number of aryl methyl sites for hydroxylation is 1. The van der Waals surface area contributed by atoms with E-state index in [-0.39, 0.29) is 0 Å². The van der Waals surface area contributed by atoms with Crippen molar-refractivity contribution in [3.63, 3.8) is 0 Å². The molecule has 27 heavy (non-hydrogen) atoms. The normalized spacial score (nSPS) is 11.3. The van der Waals surface area contributed by atoms with Gasteiger partial charge in [-0.15, -0.1) is 0 Å². The highest BCUT2D eigenvalue weighted by atomic mass is 16.3. The first-order chi connectivity index (χ1) is 13.3. The number of aromatic nitrogens is 5. The molecule has 6 heteroatoms. The van der Waals surface area contributed by atoms with Gasteiger partial charge in [0, 0.05) is 36.1 Å². The SMILES string of the molecule is Cn1cc(-c2ccc3occ(-c4cnn(Cc5ccccc5)c4)c3n2)cn1. The Hall–Kier alpha value is -3.67. The van der Waals surface area contributed by atoms with Gasteiger partial charge in [-0.1, -0.05) is 30.3 Å². The number of fused-ring (bicyclic) bond motifs is 1. The van der Waals surface area contributed by atoms with Crippen molar-refractivity contribution in [1.82, 2.24) is 24.5 Å². The Morgan fingerprint density at radius 1 is 0.926 bits per heavy atom. The van der Waals surface area contributed by atoms with Crippen molar-refractivity contribution in [2.45, 2.75) is 6.54 Å². The van der Waals surface area contributed by atoms with Gasteiger partial charge in [0.1, 0.15) is 11.8 Å². The number of furan rings is 1. The zero-order chi connectivity index (χ0) is 18.2. The first kappa shape index (κ1) is 15.6. The predicted octanol–water partition coefficient (Wildman–Crippen LogP) is 4.14. The van der Waals surface area contributed by atoms with Crippen LogP contribution in [-0.4, -0.2) is 24.5 Å². The summed E-state index contributed by atoms with van der Waals surface area (Å²) >= 11 is 0. The minimum atomic E-state index is 0.727. The largest absolute Gasteiger partial charge is 0.462 e. The monoisotopic (exact) mass is 355 g/mol. The maximum absolute atomic E-state index is 5.71. The molecule has 0 atom stereocenters. The van der Waals surface area contributed by atoms with Gasteiger partial charge in [-0.3, -0.25) is 9.36 Å². The summed E-state index contributed by atoms with van der Waals surface area (Å²) in [4.78, 5) is 4.80. The lowest BCUT2D eigenvalue weighted by Gasteiger charge is -2.00. The van der Waals surface area contributed by atoms with Gasteiger partial charge < -0.3 is 4.42 Å². The number of benzene rings is 1. The van der Waals surface area contributed by atoms with Crippen LogP contribution in [-0.2, 0) is 13.6 Å². The molecule has 0 aliphatic heterocycles. The first-order valence-corrected chi connectivity index (χ1v) is 8.70. The number of nitrogens with zero attached hydrogens (tertiary/aromatic N) is 5. The Bertz CT molecular complexity index is 1220. The van der Waals surface area contributed by atoms with Crippen LogP contribution in [0.3, 0.4) is 0 Å². The summed E-state index contributed by atoms with van der Waals surface area (Å²) < 4.78 is 9.40. The van der Waals surface area contributed by atoms with Crippen LogP contribution in [0, 0.1) is 0 Å². The number of hydrogen-bond acceptors (Lipinski definition) is 4. The molecule has 0 unspecified atom stereocenters. The van der Waals surface area contributed by atoms with Gasteiger partial charge in [0.2, 0.25) is 0 Å². The highest BCUT2D eigenvalue weighted by molar-refractivity contribution is 5.91. The summed E-state index contributed by atoms with van der Waals surface area (Å²) in [5, 5.41) is 8.72. The van der Waals surface area contributed by atoms with Gasteiger partial charge in [-0.2, -0.15) is 10.2 Å². The molecule has 0 aliphatic rings. The predicted molar refractivity (Wildman–Crippen MR) is 103 cm³/mol. The minimum absolute atomic E-state index is 0.727. The van der Waals surface area contributed by atoms with E-state index in [1.165, 1.54) is 5.56 Å². The molecule has 4 heterocycles. The molecular formula is C21H17N5O. The fourth-order valence-corrected chi connectivity index (χ4v) is 3.19. The number of hydrogen-bond donors (Lipinski definition) is 0. The van der Waals surface area contributed by atoms with E-state index in [1.54, 1.807) is 10.9 Å². The Morgan fingerprint density at radius 3 is 2.59 bits per heavy atom. The minimum Gasteiger partial charge on any atom is -0.462 e. The van der Waals surface area contributed by atoms with E-state index in [9.17, 15) is 0 Å². The molecule has 0 amide bonds. The molecule has 0 fully saturated rings. The second-order valence-corrected chi connectivity index (χ2v) is 6.51. The molecule has 0 radical (unpaired) electrons. The molecule has 132 valence electrons. The zero-order valence-electron chi connectivity index (χ0n) is 14.8. The lowest BCUT2D eigenvalue weighted by molar-refractivity contribution is 0.616. The molecule has 0 bridgehead atoms. The van der Waals surface area contributed by atoms with E-state index in [2.05, 4.69) is 22.3 Å². The summed E-state index contributed by atoms with van der Waals surface area (Å²) in [6, 6.07) is 14.2. The van der Waals surface area contributed by atoms with E-state index >= 15 is 0 Å². The van der Waals surface area contributed by atoms with Crippen molar-refractivity contribution in [1.29, 1.82) is 0 Å². The Kier molecular flexibility index (Phi) is 3.60. The second-order valence-electron chi connectivity index (χ2n) is 6.51. The van der Waals surface area contributed by atoms with Gasteiger partial charge in [0.05, 0.1) is 24.6 Å². The van der Waals surface area contributed by atoms with E-state index in [1.807, 2.05) is 66.8 Å². The van der Waals surface area contributed by atoms with Crippen molar-refractivity contribution in [2.24, 2.45) is 7.05 Å². The van der Waals surface area contributed by atoms with E-state index in [0.29, 0.717) is 0 Å². The van der Waals surface area contributed by atoms with Crippen LogP contribution in [0.4, 0.5) is 0 Å². The Balaban J connectivity index is 1.51. The van der Waals surface area contributed by atoms with E-state index < -0.39 is 0 Å². The molecule has 0 saturated carbocycles. The third kappa shape index (κ3) is 2.91. The average molecular weight is 355 g/mol. The van der Waals surface area contributed by atoms with Gasteiger partial charge in [0.15, 0.2) is 5.58 Å². The quantitative estimate of drug-likeness (QED) is 0.486. The zero-order valence-corrected chi connectivity index (χ0v) is 14.8. The average Bonchev–Trinajstić information content (AvgIpc) is 3.41. The van der Waals surface area contributed by atoms with Gasteiger partial charge >= 0.3 is 0 Å². The van der Waals surface area contributed by atoms with Crippen LogP contribution in [0.1, 0.15) is 5.56 Å². The van der Waals surface area contributed by atoms with Gasteiger partial charge in [0.25, 0.3) is 0 Å². The fraction of sp³-hybridized carbons (Fsp3) is 0.0952. The van der Waals surface area contributed by atoms with Crippen molar-refractivity contribution in [3.8, 4) is 22.4 Å². The molecule has 4 aromatic heterocycles. The number of pyridine rings is 1. The fourth-order valence-electron chi connectivity index (χ4n) is 3.19. The highest BCUT2D eigenvalue weighted by Crippen LogP contribution is 2.31. The van der Waals surface area contributed by atoms with Crippen molar-refractivity contribution >= 4 is 11.1 Å². The highest BCUT2D eigenvalue weighted by Gasteiger charge is 2.13. The molecule has 0 aliphatic carbocycles. The maximum atomic E-state index is 5.71. The Labute approximate surface area is 155 Å². The lowest BCUT2D eigenvalue weighted by atomic mass is 10.1. The van der Waals surface area contributed by atoms with Crippen LogP contribution in [0.25, 0.3) is 33.5 Å². The summed E-state index contributed by atoms with van der Waals surface area (Å²) in [5.74, 6) is 0. The van der Waals surface area contributed by atoms with Gasteiger partial charge in [-0.05, 0) is 17.7 Å². The standard InChI is InChI=1S/C21H17N5O/c1-25-12-17(10-22-25)19-7-8-20-21(24-19)18(14-27-20)16-9-23-26(13-16)11-15-5-3-2-4-6-15/h2-10,12-14H,11H2,1H3. The summed E-state index contributed by atoms with van der Waals surface area (Å²) in [6.45, 7) is 0.727. The number of rotatable bonds is 4. The third-order valence-electron chi connectivity index (χ3n) is 4.55. The smallest absolute Gasteiger partial charge is 0.153 e. The molecule has 0 saturated heterocycles. The first-order valence-electron chi connectivity index (χ1n) is 8.70. The van der Waals surface area contributed by atoms with Crippen LogP contribution in [0.15, 0.2) is 77.9 Å². The second kappa shape index (κ2) is 6.25. The van der Waals surface area contributed by atoms with Crippen molar-refractivity contribution < 1.29 is 4.42 Å². The van der Waals surface area contributed by atoms with Gasteiger partial charge in [-0.25, -0.2) is 4.98 Å². The summed E-state index contributed by atoms with van der Waals surface area (Å²) in [7, 11) is 1.90. The van der Waals surface area contributed by atoms with Crippen LogP contribution < -0.4 is 0 Å². The molecular weight excluding hydrogens is 338 g/mol. The summed E-state index contributed by atoms with van der Waals surface area (Å²) in [6.07, 6.45) is 9.38. The molecule has 5 aromatic rings. The lowest BCUT2D eigenvalue weighted by Crippen LogP contribution is -1.99. The van der Waals surface area contributed by atoms with Crippen molar-refractivity contribution in [2.75, 3.05) is 0 Å². The van der Waals surface area contributed by atoms with Crippen molar-refractivity contribution in [3.05, 3.63) is 79.1 Å². The molecule has 1 aromatic carbocycles. The maximum Gasteiger partial charge on any atom is 0.153 e.